The van der Waals surface area contributed by atoms with Gasteiger partial charge < -0.3 is 4.90 Å². The Morgan fingerprint density at radius 1 is 1.57 bits per heavy atom. The fourth-order valence-corrected chi connectivity index (χ4v) is 0.514. The Balaban J connectivity index is 2.42. The number of rotatable bonds is 0. The van der Waals surface area contributed by atoms with Crippen LogP contribution in [-0.2, 0) is 0 Å². The molecule has 0 bridgehead atoms. The summed E-state index contributed by atoms with van der Waals surface area (Å²) in [5.74, 6) is 0. The van der Waals surface area contributed by atoms with Gasteiger partial charge in [0.15, 0.2) is 0 Å². The third-order valence-electron chi connectivity index (χ3n) is 0.861. The third kappa shape index (κ3) is 0.838. The maximum absolute atomic E-state index is 8.60. The molecular formula is C4H8N2O. The number of hydrogen-bond acceptors (Lipinski definition) is 3. The summed E-state index contributed by atoms with van der Waals surface area (Å²) in [5.41, 5.74) is 0. The zero-order chi connectivity index (χ0) is 5.28. The molecule has 1 aliphatic heterocycles. The van der Waals surface area contributed by atoms with Gasteiger partial charge in [-0.05, 0) is 0 Å². The van der Waals surface area contributed by atoms with Crippen molar-refractivity contribution in [2.45, 2.75) is 0 Å². The lowest BCUT2D eigenvalue weighted by molar-refractivity contribution is -0.0513. The molecule has 0 unspecified atom stereocenters. The van der Waals surface area contributed by atoms with Gasteiger partial charge in [-0.2, -0.15) is 0 Å². The molecule has 0 aromatic rings. The maximum Gasteiger partial charge on any atom is 0.115 e. The number of hydrogen-bond donors (Lipinski definition) is 1. The minimum absolute atomic E-state index is 0.583. The van der Waals surface area contributed by atoms with Gasteiger partial charge in [0.25, 0.3) is 0 Å². The lowest BCUT2D eigenvalue weighted by Crippen LogP contribution is -2.18. The number of hydroxylamine groups is 2. The first-order valence-corrected chi connectivity index (χ1v) is 2.13. The summed E-state index contributed by atoms with van der Waals surface area (Å²) >= 11 is 0. The molecule has 1 rings (SSSR count). The van der Waals surface area contributed by atoms with E-state index in [1.807, 2.05) is 11.9 Å². The molecule has 0 amide bonds. The quantitative estimate of drug-likeness (QED) is 0.466. The smallest absolute Gasteiger partial charge is 0.115 e. The fraction of sp³-hybridized carbons (Fsp3) is 0.500. The van der Waals surface area contributed by atoms with Gasteiger partial charge in [-0.3, -0.25) is 5.21 Å². The van der Waals surface area contributed by atoms with Crippen molar-refractivity contribution in [2.24, 2.45) is 0 Å². The van der Waals surface area contributed by atoms with Crippen molar-refractivity contribution in [3.05, 3.63) is 12.4 Å². The van der Waals surface area contributed by atoms with E-state index in [9.17, 15) is 0 Å². The Labute approximate surface area is 42.4 Å². The van der Waals surface area contributed by atoms with Crippen LogP contribution >= 0.6 is 0 Å². The minimum Gasteiger partial charge on any atom is -0.360 e. The van der Waals surface area contributed by atoms with Crippen LogP contribution in [0.1, 0.15) is 0 Å². The monoisotopic (exact) mass is 100 g/mol. The average Bonchev–Trinajstić information content (AvgIpc) is 1.87. The molecule has 7 heavy (non-hydrogen) atoms. The van der Waals surface area contributed by atoms with Crippen LogP contribution < -0.4 is 0 Å². The maximum atomic E-state index is 8.60. The van der Waals surface area contributed by atoms with Crippen molar-refractivity contribution in [3.63, 3.8) is 0 Å². The minimum atomic E-state index is 0.583. The van der Waals surface area contributed by atoms with Crippen LogP contribution in [0.2, 0.25) is 0 Å². The largest absolute Gasteiger partial charge is 0.360 e. The van der Waals surface area contributed by atoms with E-state index < -0.39 is 0 Å². The van der Waals surface area contributed by atoms with Gasteiger partial charge in [-0.25, -0.2) is 5.06 Å². The van der Waals surface area contributed by atoms with E-state index in [0.717, 1.165) is 5.06 Å². The predicted octanol–water partition coefficient (Wildman–Crippen LogP) is 0.0517. The lowest BCUT2D eigenvalue weighted by Gasteiger charge is -2.08. The first kappa shape index (κ1) is 4.46. The highest BCUT2D eigenvalue weighted by molar-refractivity contribution is 4.83. The molecule has 0 aliphatic carbocycles. The lowest BCUT2D eigenvalue weighted by atomic mass is 10.9. The molecule has 0 aromatic carbocycles. The van der Waals surface area contributed by atoms with Crippen LogP contribution in [-0.4, -0.2) is 28.9 Å². The zero-order valence-electron chi connectivity index (χ0n) is 4.20. The first-order chi connectivity index (χ1) is 3.29. The van der Waals surface area contributed by atoms with Crippen molar-refractivity contribution in [1.29, 1.82) is 0 Å². The second-order valence-electron chi connectivity index (χ2n) is 1.64. The molecule has 3 nitrogen and oxygen atoms in total. The highest BCUT2D eigenvalue weighted by atomic mass is 16.5. The van der Waals surface area contributed by atoms with E-state index >= 15 is 0 Å². The van der Waals surface area contributed by atoms with Crippen LogP contribution in [0, 0.1) is 0 Å². The Morgan fingerprint density at radius 2 is 2.29 bits per heavy atom. The van der Waals surface area contributed by atoms with Gasteiger partial charge in [0.1, 0.15) is 6.67 Å². The van der Waals surface area contributed by atoms with E-state index in [2.05, 4.69) is 0 Å². The van der Waals surface area contributed by atoms with Crippen molar-refractivity contribution in [1.82, 2.24) is 9.96 Å². The molecule has 0 saturated carbocycles. The van der Waals surface area contributed by atoms with E-state index in [-0.39, 0.29) is 0 Å². The Hall–Kier alpha value is -0.700. The van der Waals surface area contributed by atoms with Gasteiger partial charge in [-0.15, -0.1) is 0 Å². The zero-order valence-corrected chi connectivity index (χ0v) is 4.20. The molecule has 40 valence electrons. The van der Waals surface area contributed by atoms with Crippen LogP contribution in [0.4, 0.5) is 0 Å². The summed E-state index contributed by atoms with van der Waals surface area (Å²) in [5, 5.41) is 9.73. The van der Waals surface area contributed by atoms with Gasteiger partial charge in [0.2, 0.25) is 0 Å². The fourth-order valence-electron chi connectivity index (χ4n) is 0.514. The average molecular weight is 100 g/mol. The topological polar surface area (TPSA) is 26.7 Å². The van der Waals surface area contributed by atoms with E-state index in [0.29, 0.717) is 6.67 Å². The molecule has 0 aromatic heterocycles. The Kier molecular flexibility index (Phi) is 0.906. The normalized spacial score (nSPS) is 19.1. The van der Waals surface area contributed by atoms with Gasteiger partial charge in [-0.1, -0.05) is 0 Å². The van der Waals surface area contributed by atoms with Crippen molar-refractivity contribution in [3.8, 4) is 0 Å². The summed E-state index contributed by atoms with van der Waals surface area (Å²) in [4.78, 5) is 1.88. The van der Waals surface area contributed by atoms with Crippen LogP contribution in [0.3, 0.4) is 0 Å². The Bertz CT molecular complexity index is 81.7. The van der Waals surface area contributed by atoms with E-state index in [1.54, 1.807) is 12.4 Å². The van der Waals surface area contributed by atoms with Crippen LogP contribution in [0.25, 0.3) is 0 Å². The predicted molar refractivity (Wildman–Crippen MR) is 25.4 cm³/mol. The summed E-state index contributed by atoms with van der Waals surface area (Å²) in [6, 6.07) is 0. The highest BCUT2D eigenvalue weighted by Gasteiger charge is 2.01. The standard InChI is InChI=1S/C4H8N2O/c1-5-2-3-6(7)4-5/h2-3,7H,4H2,1H3. The molecule has 1 aliphatic rings. The van der Waals surface area contributed by atoms with Crippen LogP contribution in [0.15, 0.2) is 12.4 Å². The molecule has 1 N–H and O–H groups in total. The van der Waals surface area contributed by atoms with Crippen molar-refractivity contribution in [2.75, 3.05) is 13.7 Å². The number of nitrogens with zero attached hydrogens (tertiary/aromatic N) is 2. The van der Waals surface area contributed by atoms with Crippen molar-refractivity contribution >= 4 is 0 Å². The second-order valence-corrected chi connectivity index (χ2v) is 1.64. The SMILES string of the molecule is CN1C=CN(O)C1. The first-order valence-electron chi connectivity index (χ1n) is 2.13. The van der Waals surface area contributed by atoms with Gasteiger partial charge in [0.05, 0.1) is 0 Å². The Morgan fingerprint density at radius 3 is 2.43 bits per heavy atom. The molecule has 0 spiro atoms. The molecule has 0 fully saturated rings. The summed E-state index contributed by atoms with van der Waals surface area (Å²) in [6.45, 7) is 0.583. The summed E-state index contributed by atoms with van der Waals surface area (Å²) in [7, 11) is 1.90. The summed E-state index contributed by atoms with van der Waals surface area (Å²) < 4.78 is 0. The van der Waals surface area contributed by atoms with Crippen LogP contribution in [0.5, 0.6) is 0 Å². The van der Waals surface area contributed by atoms with E-state index in [4.69, 9.17) is 5.21 Å². The molecular weight excluding hydrogens is 92.1 g/mol. The van der Waals surface area contributed by atoms with Crippen molar-refractivity contribution < 1.29 is 5.21 Å². The summed E-state index contributed by atoms with van der Waals surface area (Å²) in [6.07, 6.45) is 3.42. The van der Waals surface area contributed by atoms with Gasteiger partial charge >= 0.3 is 0 Å². The molecule has 0 radical (unpaired) electrons. The highest BCUT2D eigenvalue weighted by Crippen LogP contribution is 1.97. The second kappa shape index (κ2) is 1.42. The third-order valence-corrected chi connectivity index (χ3v) is 0.861. The van der Waals surface area contributed by atoms with E-state index in [1.165, 1.54) is 0 Å². The molecule has 3 heteroatoms. The van der Waals surface area contributed by atoms with Gasteiger partial charge in [0, 0.05) is 19.4 Å². The molecule has 0 saturated heterocycles. The molecule has 1 heterocycles. The molecule has 0 atom stereocenters.